The van der Waals surface area contributed by atoms with Gasteiger partial charge in [0.05, 0.1) is 7.11 Å². The Kier molecular flexibility index (Phi) is 6.17. The molecule has 104 valence electrons. The minimum atomic E-state index is -0.500. The fourth-order valence-corrected chi connectivity index (χ4v) is 1.69. The van der Waals surface area contributed by atoms with Crippen molar-refractivity contribution in [3.63, 3.8) is 0 Å². The molecule has 4 heteroatoms. The molecule has 0 aliphatic rings. The van der Waals surface area contributed by atoms with Gasteiger partial charge >= 0.3 is 0 Å². The fourth-order valence-electron chi connectivity index (χ4n) is 1.69. The largest absolute Gasteiger partial charge is 0.493 e. The average Bonchev–Trinajstić information content (AvgIpc) is 2.39. The molecule has 1 aromatic carbocycles. The van der Waals surface area contributed by atoms with Crippen LogP contribution in [0.25, 0.3) is 0 Å². The number of nitrogens with one attached hydrogen (secondary N) is 1. The van der Waals surface area contributed by atoms with Gasteiger partial charge in [-0.3, -0.25) is 0 Å². The van der Waals surface area contributed by atoms with Crippen LogP contribution in [0.15, 0.2) is 18.2 Å². The summed E-state index contributed by atoms with van der Waals surface area (Å²) in [7, 11) is 1.60. The van der Waals surface area contributed by atoms with Crippen LogP contribution in [-0.4, -0.2) is 19.8 Å². The number of benzene rings is 1. The van der Waals surface area contributed by atoms with Crippen LogP contribution in [0.1, 0.15) is 26.3 Å². The molecule has 1 atom stereocenters. The lowest BCUT2D eigenvalue weighted by atomic mass is 10.1. The molecule has 4 nitrogen and oxygen atoms in total. The minimum Gasteiger partial charge on any atom is -0.493 e. The molecule has 0 spiro atoms. The molecule has 1 N–H and O–H groups in total. The topological polar surface area (TPSA) is 54.3 Å². The molecule has 0 bridgehead atoms. The molecule has 1 aromatic rings. The van der Waals surface area contributed by atoms with Crippen molar-refractivity contribution in [1.29, 1.82) is 5.26 Å². The Labute approximate surface area is 115 Å². The molecule has 0 aliphatic heterocycles. The van der Waals surface area contributed by atoms with Crippen LogP contribution in [0.2, 0.25) is 0 Å². The third kappa shape index (κ3) is 4.80. The van der Waals surface area contributed by atoms with Crippen LogP contribution in [-0.2, 0) is 6.54 Å². The molecule has 19 heavy (non-hydrogen) atoms. The molecule has 0 aliphatic carbocycles. The van der Waals surface area contributed by atoms with Gasteiger partial charge in [-0.15, -0.1) is 0 Å². The Morgan fingerprint density at radius 1 is 1.32 bits per heavy atom. The quantitative estimate of drug-likeness (QED) is 0.821. The van der Waals surface area contributed by atoms with E-state index >= 15 is 0 Å². The van der Waals surface area contributed by atoms with E-state index in [9.17, 15) is 0 Å². The first-order valence-corrected chi connectivity index (χ1v) is 6.51. The van der Waals surface area contributed by atoms with Gasteiger partial charge in [0, 0.05) is 12.1 Å². The van der Waals surface area contributed by atoms with Gasteiger partial charge in [-0.1, -0.05) is 26.0 Å². The number of methoxy groups -OCH3 is 1. The summed E-state index contributed by atoms with van der Waals surface area (Å²) in [5, 5.41) is 12.2. The third-order valence-electron chi connectivity index (χ3n) is 2.62. The smallest absolute Gasteiger partial charge is 0.181 e. The summed E-state index contributed by atoms with van der Waals surface area (Å²) < 4.78 is 10.9. The number of hydrogen-bond acceptors (Lipinski definition) is 4. The zero-order chi connectivity index (χ0) is 14.3. The van der Waals surface area contributed by atoms with Gasteiger partial charge in [0.1, 0.15) is 6.07 Å². The lowest BCUT2D eigenvalue weighted by Crippen LogP contribution is -2.20. The molecular formula is C15H22N2O2. The minimum absolute atomic E-state index is 0.500. The van der Waals surface area contributed by atoms with E-state index in [2.05, 4.69) is 25.2 Å². The normalized spacial score (nSPS) is 12.0. The number of hydrogen-bond donors (Lipinski definition) is 1. The van der Waals surface area contributed by atoms with Crippen LogP contribution in [0.4, 0.5) is 0 Å². The van der Waals surface area contributed by atoms with E-state index in [1.165, 1.54) is 0 Å². The number of ether oxygens (including phenoxy) is 2. The monoisotopic (exact) mass is 262 g/mol. The van der Waals surface area contributed by atoms with Crippen molar-refractivity contribution in [2.24, 2.45) is 5.92 Å². The number of para-hydroxylation sites is 1. The maximum atomic E-state index is 8.87. The maximum Gasteiger partial charge on any atom is 0.181 e. The molecule has 1 rings (SSSR count). The fraction of sp³-hybridized carbons (Fsp3) is 0.533. The summed E-state index contributed by atoms with van der Waals surface area (Å²) in [6.07, 6.45) is -0.500. The molecule has 0 radical (unpaired) electrons. The van der Waals surface area contributed by atoms with E-state index in [1.54, 1.807) is 14.0 Å². The third-order valence-corrected chi connectivity index (χ3v) is 2.62. The zero-order valence-electron chi connectivity index (χ0n) is 12.1. The van der Waals surface area contributed by atoms with Gasteiger partial charge in [0.25, 0.3) is 0 Å². The highest BCUT2D eigenvalue weighted by Gasteiger charge is 2.13. The zero-order valence-corrected chi connectivity index (χ0v) is 12.1. The second-order valence-corrected chi connectivity index (χ2v) is 4.86. The molecule has 0 heterocycles. The number of nitriles is 1. The van der Waals surface area contributed by atoms with Crippen molar-refractivity contribution < 1.29 is 9.47 Å². The van der Waals surface area contributed by atoms with Crippen molar-refractivity contribution in [3.8, 4) is 17.6 Å². The van der Waals surface area contributed by atoms with E-state index in [4.69, 9.17) is 14.7 Å². The van der Waals surface area contributed by atoms with Crippen molar-refractivity contribution in [2.45, 2.75) is 33.4 Å². The van der Waals surface area contributed by atoms with E-state index < -0.39 is 6.10 Å². The Balaban J connectivity index is 2.86. The molecule has 0 saturated heterocycles. The van der Waals surface area contributed by atoms with E-state index in [1.807, 2.05) is 18.2 Å². The Morgan fingerprint density at radius 3 is 2.63 bits per heavy atom. The molecule has 1 unspecified atom stereocenters. The predicted octanol–water partition coefficient (Wildman–Crippen LogP) is 2.73. The van der Waals surface area contributed by atoms with E-state index in [0.717, 1.165) is 12.1 Å². The van der Waals surface area contributed by atoms with Crippen LogP contribution in [0, 0.1) is 17.2 Å². The lowest BCUT2D eigenvalue weighted by molar-refractivity contribution is 0.256. The first kappa shape index (κ1) is 15.3. The Hall–Kier alpha value is -1.73. The van der Waals surface area contributed by atoms with Crippen molar-refractivity contribution in [2.75, 3.05) is 13.7 Å². The standard InChI is InChI=1S/C15H22N2O2/c1-11(2)9-17-10-13-6-5-7-14(18-4)15(13)19-12(3)8-16/h5-7,11-12,17H,9-10H2,1-4H3. The van der Waals surface area contributed by atoms with E-state index in [0.29, 0.717) is 24.0 Å². The Morgan fingerprint density at radius 2 is 2.05 bits per heavy atom. The maximum absolute atomic E-state index is 8.87. The number of nitrogens with zero attached hydrogens (tertiary/aromatic N) is 1. The van der Waals surface area contributed by atoms with Gasteiger partial charge in [0.2, 0.25) is 0 Å². The van der Waals surface area contributed by atoms with Gasteiger partial charge in [-0.05, 0) is 25.5 Å². The van der Waals surface area contributed by atoms with Gasteiger partial charge in [-0.2, -0.15) is 5.26 Å². The van der Waals surface area contributed by atoms with Gasteiger partial charge in [-0.25, -0.2) is 0 Å². The second kappa shape index (κ2) is 7.65. The molecule has 0 fully saturated rings. The SMILES string of the molecule is COc1cccc(CNCC(C)C)c1OC(C)C#N. The molecule has 0 saturated carbocycles. The predicted molar refractivity (Wildman–Crippen MR) is 75.2 cm³/mol. The summed E-state index contributed by atoms with van der Waals surface area (Å²) in [5.41, 5.74) is 1.00. The van der Waals surface area contributed by atoms with Crippen LogP contribution < -0.4 is 14.8 Å². The second-order valence-electron chi connectivity index (χ2n) is 4.86. The Bertz CT molecular complexity index is 438. The van der Waals surface area contributed by atoms with Crippen molar-refractivity contribution in [1.82, 2.24) is 5.32 Å². The molecule has 0 amide bonds. The van der Waals surface area contributed by atoms with Crippen LogP contribution in [0.5, 0.6) is 11.5 Å². The highest BCUT2D eigenvalue weighted by Crippen LogP contribution is 2.31. The highest BCUT2D eigenvalue weighted by atomic mass is 16.5. The van der Waals surface area contributed by atoms with E-state index in [-0.39, 0.29) is 0 Å². The summed E-state index contributed by atoms with van der Waals surface area (Å²) in [5.74, 6) is 1.90. The summed E-state index contributed by atoms with van der Waals surface area (Å²) in [4.78, 5) is 0. The van der Waals surface area contributed by atoms with Crippen molar-refractivity contribution >= 4 is 0 Å². The number of rotatable bonds is 7. The van der Waals surface area contributed by atoms with Gasteiger partial charge in [0.15, 0.2) is 17.6 Å². The molecule has 0 aromatic heterocycles. The highest BCUT2D eigenvalue weighted by molar-refractivity contribution is 5.47. The first-order chi connectivity index (χ1) is 9.08. The van der Waals surface area contributed by atoms with Gasteiger partial charge < -0.3 is 14.8 Å². The first-order valence-electron chi connectivity index (χ1n) is 6.51. The molecular weight excluding hydrogens is 240 g/mol. The summed E-state index contributed by atoms with van der Waals surface area (Å²) in [6, 6.07) is 7.81. The van der Waals surface area contributed by atoms with Crippen LogP contribution in [0.3, 0.4) is 0 Å². The van der Waals surface area contributed by atoms with Crippen LogP contribution >= 0.6 is 0 Å². The average molecular weight is 262 g/mol. The van der Waals surface area contributed by atoms with Crippen molar-refractivity contribution in [3.05, 3.63) is 23.8 Å². The lowest BCUT2D eigenvalue weighted by Gasteiger charge is -2.17. The summed E-state index contributed by atoms with van der Waals surface area (Å²) in [6.45, 7) is 7.67. The summed E-state index contributed by atoms with van der Waals surface area (Å²) >= 11 is 0.